The molecule has 0 atom stereocenters. The summed E-state index contributed by atoms with van der Waals surface area (Å²) in [7, 11) is 0. The summed E-state index contributed by atoms with van der Waals surface area (Å²) in [4.78, 5) is 16.3. The van der Waals surface area contributed by atoms with Gasteiger partial charge in [-0.2, -0.15) is 0 Å². The van der Waals surface area contributed by atoms with E-state index in [2.05, 4.69) is 36.4 Å². The van der Waals surface area contributed by atoms with Crippen molar-refractivity contribution >= 4 is 23.2 Å². The number of benzene rings is 1. The molecule has 122 valence electrons. The minimum absolute atomic E-state index is 0.0377. The van der Waals surface area contributed by atoms with Crippen molar-refractivity contribution in [1.82, 2.24) is 10.3 Å². The molecule has 1 heterocycles. The fourth-order valence-corrected chi connectivity index (χ4v) is 2.22. The average Bonchev–Trinajstić information content (AvgIpc) is 2.48. The fourth-order valence-electron chi connectivity index (χ4n) is 2.10. The van der Waals surface area contributed by atoms with E-state index in [0.717, 1.165) is 17.7 Å². The Labute approximate surface area is 142 Å². The minimum Gasteiger partial charge on any atom is -0.379 e. The van der Waals surface area contributed by atoms with Crippen molar-refractivity contribution in [2.24, 2.45) is 0 Å². The molecule has 0 aliphatic heterocycles. The number of carbonyl (C=O) groups excluding carboxylic acids is 1. The van der Waals surface area contributed by atoms with Gasteiger partial charge in [0, 0.05) is 17.1 Å². The second kappa shape index (κ2) is 7.47. The van der Waals surface area contributed by atoms with E-state index in [0.29, 0.717) is 17.3 Å². The van der Waals surface area contributed by atoms with Gasteiger partial charge in [-0.1, -0.05) is 23.7 Å². The van der Waals surface area contributed by atoms with Gasteiger partial charge in [0.2, 0.25) is 0 Å². The first-order chi connectivity index (χ1) is 10.8. The summed E-state index contributed by atoms with van der Waals surface area (Å²) in [6.45, 7) is 6.78. The van der Waals surface area contributed by atoms with Gasteiger partial charge in [-0.05, 0) is 57.0 Å². The predicted molar refractivity (Wildman–Crippen MR) is 95.1 cm³/mol. The van der Waals surface area contributed by atoms with Crippen molar-refractivity contribution in [2.45, 2.75) is 32.7 Å². The highest BCUT2D eigenvalue weighted by Crippen LogP contribution is 2.13. The molecule has 23 heavy (non-hydrogen) atoms. The zero-order valence-corrected chi connectivity index (χ0v) is 14.4. The molecule has 1 amide bonds. The average molecular weight is 332 g/mol. The van der Waals surface area contributed by atoms with Gasteiger partial charge in [0.25, 0.3) is 5.91 Å². The lowest BCUT2D eigenvalue weighted by Crippen LogP contribution is -2.27. The van der Waals surface area contributed by atoms with Crippen LogP contribution >= 0.6 is 11.6 Å². The van der Waals surface area contributed by atoms with Gasteiger partial charge in [0.1, 0.15) is 5.69 Å². The molecule has 0 spiro atoms. The molecule has 5 heteroatoms. The molecule has 2 rings (SSSR count). The summed E-state index contributed by atoms with van der Waals surface area (Å²) in [5.74, 6) is -0.165. The number of carbonyl (C=O) groups is 1. The molecule has 0 aliphatic rings. The lowest BCUT2D eigenvalue weighted by atomic mass is 10.1. The number of pyridine rings is 1. The third-order valence-corrected chi connectivity index (χ3v) is 3.38. The van der Waals surface area contributed by atoms with Crippen LogP contribution in [0.15, 0.2) is 42.6 Å². The van der Waals surface area contributed by atoms with E-state index < -0.39 is 0 Å². The smallest absolute Gasteiger partial charge is 0.269 e. The van der Waals surface area contributed by atoms with E-state index in [1.54, 1.807) is 12.3 Å². The van der Waals surface area contributed by atoms with Gasteiger partial charge in [-0.15, -0.1) is 0 Å². The molecular formula is C18H22ClN3O. The van der Waals surface area contributed by atoms with Gasteiger partial charge in [-0.25, -0.2) is 4.98 Å². The van der Waals surface area contributed by atoms with Crippen molar-refractivity contribution in [2.75, 3.05) is 11.9 Å². The maximum atomic E-state index is 12.1. The van der Waals surface area contributed by atoms with Crippen LogP contribution in [0.4, 0.5) is 5.69 Å². The van der Waals surface area contributed by atoms with Crippen LogP contribution < -0.4 is 10.6 Å². The van der Waals surface area contributed by atoms with Crippen LogP contribution in [0.5, 0.6) is 0 Å². The molecule has 2 aromatic rings. The Balaban J connectivity index is 1.84. The molecule has 0 saturated heterocycles. The maximum absolute atomic E-state index is 12.1. The second-order valence-corrected chi connectivity index (χ2v) is 6.88. The highest BCUT2D eigenvalue weighted by Gasteiger charge is 2.11. The molecule has 0 unspecified atom stereocenters. The van der Waals surface area contributed by atoms with Gasteiger partial charge in [0.15, 0.2) is 0 Å². The van der Waals surface area contributed by atoms with Crippen molar-refractivity contribution < 1.29 is 4.79 Å². The summed E-state index contributed by atoms with van der Waals surface area (Å²) in [6.07, 6.45) is 2.44. The van der Waals surface area contributed by atoms with Crippen LogP contribution in [0, 0.1) is 0 Å². The van der Waals surface area contributed by atoms with Gasteiger partial charge < -0.3 is 10.6 Å². The first kappa shape index (κ1) is 17.3. The van der Waals surface area contributed by atoms with Crippen LogP contribution in [-0.4, -0.2) is 23.0 Å². The lowest BCUT2D eigenvalue weighted by molar-refractivity contribution is 0.0949. The van der Waals surface area contributed by atoms with Crippen LogP contribution in [0.3, 0.4) is 0 Å². The first-order valence-electron chi connectivity index (χ1n) is 7.60. The third-order valence-electron chi connectivity index (χ3n) is 3.13. The Bertz CT molecular complexity index is 645. The fraction of sp³-hybridized carbons (Fsp3) is 0.333. The Kier molecular flexibility index (Phi) is 5.61. The van der Waals surface area contributed by atoms with Gasteiger partial charge in [0.05, 0.1) is 11.9 Å². The topological polar surface area (TPSA) is 54.0 Å². The summed E-state index contributed by atoms with van der Waals surface area (Å²) in [6, 6.07) is 11.2. The largest absolute Gasteiger partial charge is 0.379 e. The zero-order valence-electron chi connectivity index (χ0n) is 13.7. The normalized spacial score (nSPS) is 11.1. The minimum atomic E-state index is -0.165. The van der Waals surface area contributed by atoms with Gasteiger partial charge >= 0.3 is 0 Å². The summed E-state index contributed by atoms with van der Waals surface area (Å²) in [5, 5.41) is 6.90. The SMILES string of the molecule is CC(C)(C)Nc1ccc(C(=O)NCCc2ccc(Cl)cc2)nc1. The number of nitrogens with zero attached hydrogens (tertiary/aromatic N) is 1. The maximum Gasteiger partial charge on any atom is 0.269 e. The molecule has 2 N–H and O–H groups in total. The van der Waals surface area contributed by atoms with Crippen LogP contribution in [0.2, 0.25) is 5.02 Å². The highest BCUT2D eigenvalue weighted by atomic mass is 35.5. The number of amides is 1. The Morgan fingerprint density at radius 1 is 1.13 bits per heavy atom. The van der Waals surface area contributed by atoms with E-state index in [-0.39, 0.29) is 11.4 Å². The first-order valence-corrected chi connectivity index (χ1v) is 7.98. The Morgan fingerprint density at radius 3 is 2.39 bits per heavy atom. The summed E-state index contributed by atoms with van der Waals surface area (Å²) in [5.41, 5.74) is 2.41. The number of hydrogen-bond acceptors (Lipinski definition) is 3. The van der Waals surface area contributed by atoms with Crippen molar-refractivity contribution in [3.8, 4) is 0 Å². The molecule has 0 aliphatic carbocycles. The van der Waals surface area contributed by atoms with E-state index in [1.807, 2.05) is 30.3 Å². The molecular weight excluding hydrogens is 310 g/mol. The Morgan fingerprint density at radius 2 is 1.83 bits per heavy atom. The molecule has 0 fully saturated rings. The Hall–Kier alpha value is -2.07. The molecule has 1 aromatic carbocycles. The van der Waals surface area contributed by atoms with Crippen LogP contribution in [0.25, 0.3) is 0 Å². The van der Waals surface area contributed by atoms with E-state index >= 15 is 0 Å². The summed E-state index contributed by atoms with van der Waals surface area (Å²) < 4.78 is 0. The van der Waals surface area contributed by atoms with E-state index in [9.17, 15) is 4.79 Å². The molecule has 1 aromatic heterocycles. The quantitative estimate of drug-likeness (QED) is 0.873. The van der Waals surface area contributed by atoms with Crippen molar-refractivity contribution in [3.63, 3.8) is 0 Å². The van der Waals surface area contributed by atoms with Crippen LogP contribution in [0.1, 0.15) is 36.8 Å². The molecule has 0 radical (unpaired) electrons. The number of hydrogen-bond donors (Lipinski definition) is 2. The standard InChI is InChI=1S/C18H22ClN3O/c1-18(2,3)22-15-8-9-16(21-12-15)17(23)20-11-10-13-4-6-14(19)7-5-13/h4-9,12,22H,10-11H2,1-3H3,(H,20,23). The monoisotopic (exact) mass is 331 g/mol. The number of halogens is 1. The van der Waals surface area contributed by atoms with Gasteiger partial charge in [-0.3, -0.25) is 4.79 Å². The van der Waals surface area contributed by atoms with Crippen LogP contribution in [-0.2, 0) is 6.42 Å². The third kappa shape index (κ3) is 5.91. The second-order valence-electron chi connectivity index (χ2n) is 6.44. The van der Waals surface area contributed by atoms with E-state index in [1.165, 1.54) is 0 Å². The highest BCUT2D eigenvalue weighted by molar-refractivity contribution is 6.30. The number of aromatic nitrogens is 1. The van der Waals surface area contributed by atoms with E-state index in [4.69, 9.17) is 11.6 Å². The van der Waals surface area contributed by atoms with Crippen molar-refractivity contribution in [1.29, 1.82) is 0 Å². The number of anilines is 1. The van der Waals surface area contributed by atoms with Crippen molar-refractivity contribution in [3.05, 3.63) is 58.9 Å². The summed E-state index contributed by atoms with van der Waals surface area (Å²) >= 11 is 5.85. The predicted octanol–water partition coefficient (Wildman–Crippen LogP) is 3.92. The number of nitrogens with one attached hydrogen (secondary N) is 2. The molecule has 0 saturated carbocycles. The lowest BCUT2D eigenvalue weighted by Gasteiger charge is -2.21. The molecule has 0 bridgehead atoms. The number of rotatable bonds is 5. The molecule has 4 nitrogen and oxygen atoms in total. The zero-order chi connectivity index (χ0) is 16.9.